The van der Waals surface area contributed by atoms with E-state index in [1.165, 1.54) is 0 Å². The fourth-order valence-corrected chi connectivity index (χ4v) is 3.09. The molecule has 2 aliphatic rings. The maximum absolute atomic E-state index is 11.0. The molecule has 0 unspecified atom stereocenters. The van der Waals surface area contributed by atoms with Gasteiger partial charge in [0.15, 0.2) is 0 Å². The van der Waals surface area contributed by atoms with E-state index in [0.29, 0.717) is 12.8 Å². The number of carbonyl (C=O) groups is 2. The summed E-state index contributed by atoms with van der Waals surface area (Å²) in [5.74, 6) is -3.06. The SMILES string of the molecule is N[C@]1(C(=O)O)[C@H]2CC[C@H]1[C@@H](C(=O)O)C2. The van der Waals surface area contributed by atoms with Gasteiger partial charge in [-0.25, -0.2) is 0 Å². The van der Waals surface area contributed by atoms with Crippen LogP contribution < -0.4 is 5.73 Å². The molecule has 78 valence electrons. The summed E-state index contributed by atoms with van der Waals surface area (Å²) in [5.41, 5.74) is 4.53. The Balaban J connectivity index is 2.32. The van der Waals surface area contributed by atoms with Gasteiger partial charge in [0.25, 0.3) is 0 Å². The number of hydrogen-bond acceptors (Lipinski definition) is 3. The molecule has 0 spiro atoms. The van der Waals surface area contributed by atoms with Gasteiger partial charge in [0.1, 0.15) is 5.54 Å². The number of rotatable bonds is 2. The van der Waals surface area contributed by atoms with Gasteiger partial charge in [0.2, 0.25) is 0 Å². The van der Waals surface area contributed by atoms with Crippen molar-refractivity contribution in [3.05, 3.63) is 0 Å². The van der Waals surface area contributed by atoms with Gasteiger partial charge in [-0.1, -0.05) is 0 Å². The highest BCUT2D eigenvalue weighted by Crippen LogP contribution is 2.54. The molecule has 0 radical (unpaired) electrons. The zero-order chi connectivity index (χ0) is 10.5. The molecule has 0 aromatic carbocycles. The van der Waals surface area contributed by atoms with E-state index in [-0.39, 0.29) is 11.8 Å². The highest BCUT2D eigenvalue weighted by atomic mass is 16.4. The molecule has 14 heavy (non-hydrogen) atoms. The molecule has 0 amide bonds. The lowest BCUT2D eigenvalue weighted by Crippen LogP contribution is -2.53. The van der Waals surface area contributed by atoms with Crippen molar-refractivity contribution in [2.24, 2.45) is 23.5 Å². The van der Waals surface area contributed by atoms with E-state index >= 15 is 0 Å². The zero-order valence-corrected chi connectivity index (χ0v) is 7.64. The lowest BCUT2D eigenvalue weighted by atomic mass is 9.85. The maximum Gasteiger partial charge on any atom is 0.324 e. The van der Waals surface area contributed by atoms with Gasteiger partial charge in [0.05, 0.1) is 5.92 Å². The minimum Gasteiger partial charge on any atom is -0.481 e. The van der Waals surface area contributed by atoms with Gasteiger partial charge in [-0.3, -0.25) is 9.59 Å². The first-order valence-electron chi connectivity index (χ1n) is 4.73. The molecule has 2 rings (SSSR count). The van der Waals surface area contributed by atoms with Crippen molar-refractivity contribution >= 4 is 11.9 Å². The van der Waals surface area contributed by atoms with Crippen molar-refractivity contribution in [1.82, 2.24) is 0 Å². The van der Waals surface area contributed by atoms with Crippen LogP contribution in [0.15, 0.2) is 0 Å². The van der Waals surface area contributed by atoms with E-state index in [1.807, 2.05) is 0 Å². The molecule has 5 heteroatoms. The van der Waals surface area contributed by atoms with E-state index < -0.39 is 23.4 Å². The predicted molar refractivity (Wildman–Crippen MR) is 46.5 cm³/mol. The second kappa shape index (κ2) is 2.70. The molecule has 2 aliphatic carbocycles. The van der Waals surface area contributed by atoms with Gasteiger partial charge in [0, 0.05) is 5.92 Å². The number of nitrogens with two attached hydrogens (primary N) is 1. The summed E-state index contributed by atoms with van der Waals surface area (Å²) in [7, 11) is 0. The van der Waals surface area contributed by atoms with Crippen LogP contribution in [-0.4, -0.2) is 27.7 Å². The van der Waals surface area contributed by atoms with Crippen LogP contribution in [0, 0.1) is 17.8 Å². The van der Waals surface area contributed by atoms with Crippen molar-refractivity contribution in [1.29, 1.82) is 0 Å². The Morgan fingerprint density at radius 3 is 2.29 bits per heavy atom. The molecule has 4 N–H and O–H groups in total. The van der Waals surface area contributed by atoms with E-state index in [1.54, 1.807) is 0 Å². The van der Waals surface area contributed by atoms with Gasteiger partial charge in [-0.15, -0.1) is 0 Å². The predicted octanol–water partition coefficient (Wildman–Crippen LogP) is -0.101. The Morgan fingerprint density at radius 1 is 1.29 bits per heavy atom. The Labute approximate surface area is 80.9 Å². The number of aliphatic carboxylic acids is 2. The molecule has 5 nitrogen and oxygen atoms in total. The highest BCUT2D eigenvalue weighted by molar-refractivity contribution is 5.83. The molecule has 0 aromatic heterocycles. The Hall–Kier alpha value is -1.10. The lowest BCUT2D eigenvalue weighted by molar-refractivity contribution is -0.147. The van der Waals surface area contributed by atoms with E-state index in [4.69, 9.17) is 15.9 Å². The Morgan fingerprint density at radius 2 is 1.93 bits per heavy atom. The van der Waals surface area contributed by atoms with E-state index in [9.17, 15) is 9.59 Å². The molecule has 2 fully saturated rings. The molecule has 4 atom stereocenters. The number of carboxylic acids is 2. The van der Waals surface area contributed by atoms with E-state index in [0.717, 1.165) is 6.42 Å². The van der Waals surface area contributed by atoms with Crippen molar-refractivity contribution in [2.45, 2.75) is 24.8 Å². The van der Waals surface area contributed by atoms with Crippen molar-refractivity contribution in [2.75, 3.05) is 0 Å². The fourth-order valence-electron chi connectivity index (χ4n) is 3.09. The topological polar surface area (TPSA) is 101 Å². The average molecular weight is 199 g/mol. The van der Waals surface area contributed by atoms with Crippen molar-refractivity contribution < 1.29 is 19.8 Å². The van der Waals surface area contributed by atoms with Gasteiger partial charge >= 0.3 is 11.9 Å². The molecular weight excluding hydrogens is 186 g/mol. The van der Waals surface area contributed by atoms with Crippen LogP contribution in [-0.2, 0) is 9.59 Å². The van der Waals surface area contributed by atoms with Gasteiger partial charge in [-0.05, 0) is 25.2 Å². The van der Waals surface area contributed by atoms with Crippen LogP contribution in [0.4, 0.5) is 0 Å². The first-order chi connectivity index (χ1) is 6.48. The standard InChI is InChI=1S/C9H13NO4/c10-9(8(13)14)4-1-2-6(9)5(3-4)7(11)12/h4-6H,1-3,10H2,(H,11,12)(H,13,14)/t4-,5-,6-,9+/m0/s1. The molecule has 0 aromatic rings. The third kappa shape index (κ3) is 0.930. The smallest absolute Gasteiger partial charge is 0.324 e. The third-order valence-electron chi connectivity index (χ3n) is 3.83. The summed E-state index contributed by atoms with van der Waals surface area (Å²) in [6, 6.07) is 0. The minimum absolute atomic E-state index is 0.161. The molecule has 0 aliphatic heterocycles. The molecular formula is C9H13NO4. The third-order valence-corrected chi connectivity index (χ3v) is 3.83. The van der Waals surface area contributed by atoms with Crippen LogP contribution in [0.1, 0.15) is 19.3 Å². The molecule has 2 saturated carbocycles. The Kier molecular flexibility index (Phi) is 1.82. The molecule has 0 heterocycles. The summed E-state index contributed by atoms with van der Waals surface area (Å²) in [6.45, 7) is 0. The van der Waals surface area contributed by atoms with Crippen LogP contribution in [0.5, 0.6) is 0 Å². The van der Waals surface area contributed by atoms with Crippen molar-refractivity contribution in [3.8, 4) is 0 Å². The van der Waals surface area contributed by atoms with Gasteiger partial charge in [-0.2, -0.15) is 0 Å². The van der Waals surface area contributed by atoms with Crippen molar-refractivity contribution in [3.63, 3.8) is 0 Å². The summed E-state index contributed by atoms with van der Waals surface area (Å²) in [6.07, 6.45) is 1.80. The van der Waals surface area contributed by atoms with E-state index in [2.05, 4.69) is 0 Å². The van der Waals surface area contributed by atoms with Gasteiger partial charge < -0.3 is 15.9 Å². The Bertz CT molecular complexity index is 303. The summed E-state index contributed by atoms with van der Waals surface area (Å²) >= 11 is 0. The summed E-state index contributed by atoms with van der Waals surface area (Å²) in [5, 5.41) is 17.9. The lowest BCUT2D eigenvalue weighted by Gasteiger charge is -2.24. The maximum atomic E-state index is 11.0. The first kappa shape index (κ1) is 9.45. The largest absolute Gasteiger partial charge is 0.481 e. The summed E-state index contributed by atoms with van der Waals surface area (Å²) in [4.78, 5) is 21.9. The first-order valence-corrected chi connectivity index (χ1v) is 4.73. The minimum atomic E-state index is -1.29. The van der Waals surface area contributed by atoms with Crippen LogP contribution >= 0.6 is 0 Å². The van der Waals surface area contributed by atoms with Crippen LogP contribution in [0.2, 0.25) is 0 Å². The molecule has 2 bridgehead atoms. The van der Waals surface area contributed by atoms with Crippen LogP contribution in [0.3, 0.4) is 0 Å². The average Bonchev–Trinajstić information content (AvgIpc) is 2.58. The normalized spacial score (nSPS) is 45.4. The quantitative estimate of drug-likeness (QED) is 0.576. The second-order valence-electron chi connectivity index (χ2n) is 4.30. The number of fused-ring (bicyclic) bond motifs is 2. The molecule has 0 saturated heterocycles. The number of hydrogen-bond donors (Lipinski definition) is 3. The summed E-state index contributed by atoms with van der Waals surface area (Å²) < 4.78 is 0. The highest BCUT2D eigenvalue weighted by Gasteiger charge is 2.63. The second-order valence-corrected chi connectivity index (χ2v) is 4.30. The zero-order valence-electron chi connectivity index (χ0n) is 7.64. The number of carboxylic acid groups (broad SMARTS) is 2. The van der Waals surface area contributed by atoms with Crippen LogP contribution in [0.25, 0.3) is 0 Å². The fraction of sp³-hybridized carbons (Fsp3) is 0.778. The monoisotopic (exact) mass is 199 g/mol.